The van der Waals surface area contributed by atoms with E-state index >= 15 is 0 Å². The van der Waals surface area contributed by atoms with Crippen LogP contribution in [0.1, 0.15) is 48.2 Å². The largest absolute Gasteiger partial charge is 0.324 e. The lowest BCUT2D eigenvalue weighted by atomic mass is 10.0. The summed E-state index contributed by atoms with van der Waals surface area (Å²) in [6.07, 6.45) is 1.72. The van der Waals surface area contributed by atoms with Crippen LogP contribution in [0.2, 0.25) is 0 Å². The molecule has 0 spiro atoms. The lowest BCUT2D eigenvalue weighted by Gasteiger charge is -2.14. The molecule has 2 heterocycles. The second-order valence-corrected chi connectivity index (χ2v) is 5.13. The first-order valence-corrected chi connectivity index (χ1v) is 7.17. The van der Waals surface area contributed by atoms with Crippen LogP contribution in [0.25, 0.3) is 0 Å². The van der Waals surface area contributed by atoms with Gasteiger partial charge in [-0.25, -0.2) is 0 Å². The Labute approximate surface area is 120 Å². The maximum atomic E-state index is 6.36. The van der Waals surface area contributed by atoms with E-state index in [1.54, 1.807) is 0 Å². The Morgan fingerprint density at radius 1 is 1.20 bits per heavy atom. The minimum Gasteiger partial charge on any atom is -0.324 e. The Morgan fingerprint density at radius 2 is 1.95 bits per heavy atom. The van der Waals surface area contributed by atoms with E-state index in [1.807, 2.05) is 24.6 Å². The molecule has 20 heavy (non-hydrogen) atoms. The summed E-state index contributed by atoms with van der Waals surface area (Å²) >= 11 is 0. The predicted octanol–water partition coefficient (Wildman–Crippen LogP) is 2.11. The summed E-state index contributed by atoms with van der Waals surface area (Å²) in [4.78, 5) is 0. The maximum absolute atomic E-state index is 6.36. The fraction of sp³-hybridized carbons (Fsp3) is 0.533. The molecule has 2 aromatic rings. The minimum atomic E-state index is -0.0732. The number of aryl methyl sites for hydroxylation is 4. The average molecular weight is 273 g/mol. The summed E-state index contributed by atoms with van der Waals surface area (Å²) in [5.41, 5.74) is 11.5. The normalized spacial score (nSPS) is 12.7. The number of nitrogens with zero attached hydrogens (tertiary/aromatic N) is 4. The molecule has 2 N–H and O–H groups in total. The zero-order chi connectivity index (χ0) is 14.7. The van der Waals surface area contributed by atoms with Crippen LogP contribution in [0.4, 0.5) is 0 Å². The molecular formula is C15H23N5. The molecule has 108 valence electrons. The van der Waals surface area contributed by atoms with Gasteiger partial charge in [-0.15, -0.1) is 0 Å². The predicted molar refractivity (Wildman–Crippen MR) is 79.4 cm³/mol. The summed E-state index contributed by atoms with van der Waals surface area (Å²) in [5.74, 6) is 0. The molecule has 1 atom stereocenters. The molecule has 0 radical (unpaired) electrons. The van der Waals surface area contributed by atoms with E-state index in [1.165, 1.54) is 5.69 Å². The number of aromatic nitrogens is 4. The summed E-state index contributed by atoms with van der Waals surface area (Å²) in [6, 6.07) is 4.11. The minimum absolute atomic E-state index is 0.0732. The van der Waals surface area contributed by atoms with Crippen molar-refractivity contribution in [1.82, 2.24) is 20.0 Å². The quantitative estimate of drug-likeness (QED) is 0.906. The van der Waals surface area contributed by atoms with Crippen molar-refractivity contribution >= 4 is 0 Å². The highest BCUT2D eigenvalue weighted by Crippen LogP contribution is 2.19. The molecule has 0 bridgehead atoms. The van der Waals surface area contributed by atoms with E-state index in [0.29, 0.717) is 0 Å². The molecule has 1 unspecified atom stereocenters. The number of rotatable bonds is 5. The van der Waals surface area contributed by atoms with Crippen molar-refractivity contribution in [2.24, 2.45) is 5.73 Å². The molecule has 0 aliphatic heterocycles. The van der Waals surface area contributed by atoms with E-state index in [4.69, 9.17) is 5.73 Å². The number of nitrogens with two attached hydrogens (primary N) is 1. The van der Waals surface area contributed by atoms with Crippen LogP contribution < -0.4 is 5.73 Å². The molecule has 0 amide bonds. The molecule has 2 aromatic heterocycles. The van der Waals surface area contributed by atoms with Crippen LogP contribution in [0.3, 0.4) is 0 Å². The topological polar surface area (TPSA) is 69.6 Å². The molecule has 0 aromatic carbocycles. The van der Waals surface area contributed by atoms with E-state index in [9.17, 15) is 0 Å². The highest BCUT2D eigenvalue weighted by molar-refractivity contribution is 5.25. The maximum Gasteiger partial charge on any atom is 0.0648 e. The van der Waals surface area contributed by atoms with Crippen LogP contribution in [-0.4, -0.2) is 20.0 Å². The fourth-order valence-electron chi connectivity index (χ4n) is 2.41. The standard InChI is InChI=1S/C15H23N5/c1-5-12-8-13(20(6-2)19-12)9-15(16)14-7-10(3)17-18-11(14)4/h7-8,15H,5-6,9,16H2,1-4H3. The highest BCUT2D eigenvalue weighted by atomic mass is 15.3. The smallest absolute Gasteiger partial charge is 0.0648 e. The van der Waals surface area contributed by atoms with Crippen molar-refractivity contribution in [3.8, 4) is 0 Å². The monoisotopic (exact) mass is 273 g/mol. The summed E-state index contributed by atoms with van der Waals surface area (Å²) < 4.78 is 2.04. The van der Waals surface area contributed by atoms with Crippen molar-refractivity contribution in [2.75, 3.05) is 0 Å². The highest BCUT2D eigenvalue weighted by Gasteiger charge is 2.15. The Bertz CT molecular complexity index is 588. The zero-order valence-corrected chi connectivity index (χ0v) is 12.7. The second-order valence-electron chi connectivity index (χ2n) is 5.13. The third-order valence-corrected chi connectivity index (χ3v) is 3.54. The lowest BCUT2D eigenvalue weighted by molar-refractivity contribution is 0.582. The van der Waals surface area contributed by atoms with Gasteiger partial charge in [0, 0.05) is 24.7 Å². The van der Waals surface area contributed by atoms with Gasteiger partial charge in [0.2, 0.25) is 0 Å². The Balaban J connectivity index is 2.24. The van der Waals surface area contributed by atoms with Crippen LogP contribution in [0, 0.1) is 13.8 Å². The first kappa shape index (κ1) is 14.7. The molecule has 0 saturated carbocycles. The molecule has 5 nitrogen and oxygen atoms in total. The van der Waals surface area contributed by atoms with Crippen LogP contribution in [0.15, 0.2) is 12.1 Å². The SMILES string of the molecule is CCc1cc(CC(N)c2cc(C)nnc2C)n(CC)n1. The van der Waals surface area contributed by atoms with Gasteiger partial charge in [0.15, 0.2) is 0 Å². The molecule has 0 fully saturated rings. The van der Waals surface area contributed by atoms with E-state index in [0.717, 1.165) is 42.0 Å². The summed E-state index contributed by atoms with van der Waals surface area (Å²) in [7, 11) is 0. The first-order valence-electron chi connectivity index (χ1n) is 7.17. The first-order chi connectivity index (χ1) is 9.55. The third kappa shape index (κ3) is 3.04. The van der Waals surface area contributed by atoms with Crippen molar-refractivity contribution < 1.29 is 0 Å². The van der Waals surface area contributed by atoms with Crippen LogP contribution in [0.5, 0.6) is 0 Å². The van der Waals surface area contributed by atoms with Gasteiger partial charge in [-0.2, -0.15) is 15.3 Å². The molecule has 2 rings (SSSR count). The van der Waals surface area contributed by atoms with Gasteiger partial charge in [-0.05, 0) is 44.9 Å². The second kappa shape index (κ2) is 6.13. The average Bonchev–Trinajstić information content (AvgIpc) is 2.83. The third-order valence-electron chi connectivity index (χ3n) is 3.54. The Kier molecular flexibility index (Phi) is 4.49. The summed E-state index contributed by atoms with van der Waals surface area (Å²) in [5, 5.41) is 12.8. The van der Waals surface area contributed by atoms with E-state index in [-0.39, 0.29) is 6.04 Å². The van der Waals surface area contributed by atoms with Crippen molar-refractivity contribution in [1.29, 1.82) is 0 Å². The van der Waals surface area contributed by atoms with Crippen LogP contribution >= 0.6 is 0 Å². The van der Waals surface area contributed by atoms with Crippen LogP contribution in [-0.2, 0) is 19.4 Å². The van der Waals surface area contributed by atoms with Gasteiger partial charge in [-0.3, -0.25) is 4.68 Å². The molecule has 5 heteroatoms. The molecular weight excluding hydrogens is 250 g/mol. The fourth-order valence-corrected chi connectivity index (χ4v) is 2.41. The zero-order valence-electron chi connectivity index (χ0n) is 12.7. The van der Waals surface area contributed by atoms with Crippen molar-refractivity contribution in [3.05, 3.63) is 40.5 Å². The lowest BCUT2D eigenvalue weighted by Crippen LogP contribution is -2.18. The van der Waals surface area contributed by atoms with Crippen molar-refractivity contribution in [3.63, 3.8) is 0 Å². The molecule has 0 aliphatic rings. The van der Waals surface area contributed by atoms with E-state index in [2.05, 4.69) is 35.2 Å². The molecule has 0 saturated heterocycles. The van der Waals surface area contributed by atoms with Gasteiger partial charge in [0.05, 0.1) is 17.1 Å². The van der Waals surface area contributed by atoms with Gasteiger partial charge >= 0.3 is 0 Å². The Morgan fingerprint density at radius 3 is 2.60 bits per heavy atom. The van der Waals surface area contributed by atoms with Gasteiger partial charge in [0.1, 0.15) is 0 Å². The van der Waals surface area contributed by atoms with Gasteiger partial charge in [0.25, 0.3) is 0 Å². The van der Waals surface area contributed by atoms with E-state index < -0.39 is 0 Å². The number of hydrogen-bond donors (Lipinski definition) is 1. The van der Waals surface area contributed by atoms with Gasteiger partial charge < -0.3 is 5.73 Å². The summed E-state index contributed by atoms with van der Waals surface area (Å²) in [6.45, 7) is 8.98. The number of hydrogen-bond acceptors (Lipinski definition) is 4. The van der Waals surface area contributed by atoms with Crippen molar-refractivity contribution in [2.45, 2.75) is 53.1 Å². The molecule has 0 aliphatic carbocycles. The Hall–Kier alpha value is -1.75. The van der Waals surface area contributed by atoms with Gasteiger partial charge in [-0.1, -0.05) is 6.92 Å².